The Morgan fingerprint density at radius 1 is 1.11 bits per heavy atom. The molecule has 226 valence electrons. The summed E-state index contributed by atoms with van der Waals surface area (Å²) in [6.07, 6.45) is 3.64. The van der Waals surface area contributed by atoms with Crippen LogP contribution in [0.4, 0.5) is 14.6 Å². The van der Waals surface area contributed by atoms with E-state index in [0.29, 0.717) is 60.8 Å². The van der Waals surface area contributed by atoms with Crippen molar-refractivity contribution in [2.75, 3.05) is 37.7 Å². The zero-order valence-corrected chi connectivity index (χ0v) is 24.8. The molecule has 0 unspecified atom stereocenters. The lowest BCUT2D eigenvalue weighted by molar-refractivity contribution is -0.127. The Morgan fingerprint density at radius 2 is 2.00 bits per heavy atom. The number of halogens is 3. The van der Waals surface area contributed by atoms with Gasteiger partial charge in [-0.1, -0.05) is 42.4 Å². The minimum absolute atomic E-state index is 0.0435. The number of pyridine rings is 1. The SMILES string of the molecule is C=CC(=O)N1CC[C@@H]2[C@H]1CN2c1nc(OC[C@@]23CCCN2C[C@H](F)C3)nc2nc(-c3cccc4ccc(F)c(Cl)c34)ccc12. The van der Waals surface area contributed by atoms with Crippen molar-refractivity contribution in [3.05, 3.63) is 66.0 Å². The van der Waals surface area contributed by atoms with Crippen LogP contribution in [0.2, 0.25) is 5.02 Å². The minimum atomic E-state index is -0.866. The number of anilines is 1. The molecule has 2 aromatic carbocycles. The lowest BCUT2D eigenvalue weighted by Gasteiger charge is -2.47. The van der Waals surface area contributed by atoms with E-state index in [0.717, 1.165) is 36.6 Å². The van der Waals surface area contributed by atoms with Gasteiger partial charge in [0.2, 0.25) is 5.91 Å². The number of rotatable bonds is 6. The van der Waals surface area contributed by atoms with Gasteiger partial charge in [0.1, 0.15) is 24.4 Å². The maximum Gasteiger partial charge on any atom is 0.320 e. The highest BCUT2D eigenvalue weighted by molar-refractivity contribution is 6.36. The van der Waals surface area contributed by atoms with Gasteiger partial charge in [0.15, 0.2) is 5.65 Å². The van der Waals surface area contributed by atoms with E-state index in [-0.39, 0.29) is 34.6 Å². The highest BCUT2D eigenvalue weighted by Gasteiger charge is 2.51. The van der Waals surface area contributed by atoms with Crippen LogP contribution in [0.15, 0.2) is 55.1 Å². The van der Waals surface area contributed by atoms with Gasteiger partial charge in [0.25, 0.3) is 0 Å². The monoisotopic (exact) mass is 616 g/mol. The molecule has 0 spiro atoms. The van der Waals surface area contributed by atoms with Crippen molar-refractivity contribution in [2.24, 2.45) is 0 Å². The summed E-state index contributed by atoms with van der Waals surface area (Å²) < 4.78 is 35.3. The molecule has 4 aliphatic heterocycles. The van der Waals surface area contributed by atoms with Crippen LogP contribution in [0.3, 0.4) is 0 Å². The molecule has 4 fully saturated rings. The van der Waals surface area contributed by atoms with Crippen LogP contribution in [0.25, 0.3) is 33.1 Å². The quantitative estimate of drug-likeness (QED) is 0.262. The van der Waals surface area contributed by atoms with Crippen molar-refractivity contribution in [3.63, 3.8) is 0 Å². The van der Waals surface area contributed by atoms with Crippen molar-refractivity contribution in [1.29, 1.82) is 0 Å². The van der Waals surface area contributed by atoms with Crippen LogP contribution in [0.5, 0.6) is 6.01 Å². The third-order valence-corrected chi connectivity index (χ3v) is 10.4. The van der Waals surface area contributed by atoms with Crippen LogP contribution in [-0.4, -0.2) is 87.2 Å². The number of carbonyl (C=O) groups is 1. The molecular formula is C33H31ClF2N6O2. The number of fused-ring (bicyclic) bond motifs is 4. The molecular weight excluding hydrogens is 586 g/mol. The lowest BCUT2D eigenvalue weighted by atomic mass is 9.95. The molecule has 0 N–H and O–H groups in total. The normalized spacial score (nSPS) is 26.2. The number of amides is 1. The van der Waals surface area contributed by atoms with Gasteiger partial charge >= 0.3 is 6.01 Å². The molecule has 11 heteroatoms. The van der Waals surface area contributed by atoms with Gasteiger partial charge in [0.05, 0.1) is 33.7 Å². The molecule has 8 nitrogen and oxygen atoms in total. The van der Waals surface area contributed by atoms with E-state index in [4.69, 9.17) is 31.3 Å². The fourth-order valence-electron chi connectivity index (χ4n) is 7.83. The fourth-order valence-corrected chi connectivity index (χ4v) is 8.11. The van der Waals surface area contributed by atoms with Gasteiger partial charge in [-0.25, -0.2) is 13.8 Å². The summed E-state index contributed by atoms with van der Waals surface area (Å²) in [5.74, 6) is 0.132. The van der Waals surface area contributed by atoms with E-state index in [2.05, 4.69) is 16.4 Å². The molecule has 1 amide bonds. The maximum absolute atomic E-state index is 14.5. The number of alkyl halides is 1. The second-order valence-corrected chi connectivity index (χ2v) is 12.7. The largest absolute Gasteiger partial charge is 0.461 e. The molecule has 4 aliphatic rings. The Morgan fingerprint density at radius 3 is 2.86 bits per heavy atom. The van der Waals surface area contributed by atoms with Crippen molar-refractivity contribution in [3.8, 4) is 17.3 Å². The Hall–Kier alpha value is -3.89. The van der Waals surface area contributed by atoms with E-state index in [1.807, 2.05) is 35.2 Å². The Balaban J connectivity index is 1.20. The lowest BCUT2D eigenvalue weighted by Crippen LogP contribution is -2.63. The average Bonchev–Trinajstić information content (AvgIpc) is 3.66. The zero-order valence-electron chi connectivity index (χ0n) is 24.1. The van der Waals surface area contributed by atoms with E-state index in [1.165, 1.54) is 12.1 Å². The Bertz CT molecular complexity index is 1840. The molecule has 4 atom stereocenters. The van der Waals surface area contributed by atoms with Gasteiger partial charge in [-0.15, -0.1) is 0 Å². The Kier molecular flexibility index (Phi) is 6.50. The number of likely N-dealkylation sites (tertiary alicyclic amines) is 1. The van der Waals surface area contributed by atoms with Crippen molar-refractivity contribution >= 4 is 45.1 Å². The summed E-state index contributed by atoms with van der Waals surface area (Å²) in [6, 6.07) is 12.9. The van der Waals surface area contributed by atoms with Crippen molar-refractivity contribution in [1.82, 2.24) is 24.8 Å². The fraction of sp³-hybridized carbons (Fsp3) is 0.394. The number of aromatic nitrogens is 3. The van der Waals surface area contributed by atoms with Crippen LogP contribution in [-0.2, 0) is 4.79 Å². The Labute approximate surface area is 258 Å². The molecule has 44 heavy (non-hydrogen) atoms. The average molecular weight is 617 g/mol. The van der Waals surface area contributed by atoms with Crippen LogP contribution < -0.4 is 9.64 Å². The second-order valence-electron chi connectivity index (χ2n) is 12.3. The van der Waals surface area contributed by atoms with Gasteiger partial charge in [-0.2, -0.15) is 9.97 Å². The summed E-state index contributed by atoms with van der Waals surface area (Å²) >= 11 is 6.45. The van der Waals surface area contributed by atoms with E-state index in [1.54, 1.807) is 6.07 Å². The first-order chi connectivity index (χ1) is 21.3. The molecule has 4 aromatic rings. The smallest absolute Gasteiger partial charge is 0.320 e. The first kappa shape index (κ1) is 27.6. The number of nitrogens with zero attached hydrogens (tertiary/aromatic N) is 6. The number of benzene rings is 2. The van der Waals surface area contributed by atoms with E-state index in [9.17, 15) is 13.6 Å². The number of carbonyl (C=O) groups excluding carboxylic acids is 1. The molecule has 6 heterocycles. The van der Waals surface area contributed by atoms with E-state index < -0.39 is 12.0 Å². The zero-order chi connectivity index (χ0) is 30.2. The first-order valence-electron chi connectivity index (χ1n) is 15.1. The summed E-state index contributed by atoms with van der Waals surface area (Å²) in [5.41, 5.74) is 1.36. The van der Waals surface area contributed by atoms with Crippen LogP contribution in [0, 0.1) is 5.82 Å². The molecule has 8 rings (SSSR count). The summed E-state index contributed by atoms with van der Waals surface area (Å²) in [6.45, 7) is 6.53. The van der Waals surface area contributed by atoms with Gasteiger partial charge in [-0.05, 0) is 55.5 Å². The molecule has 2 aromatic heterocycles. The number of hydrogen-bond donors (Lipinski definition) is 0. The first-order valence-corrected chi connectivity index (χ1v) is 15.5. The highest BCUT2D eigenvalue weighted by Crippen LogP contribution is 2.42. The standard InChI is InChI=1S/C33H31ClF2N6O2/c1-2-27(43)41-14-11-25-26(41)17-42(25)31-22-8-10-24(21-6-3-5-19-7-9-23(36)29(34)28(19)21)37-30(22)38-32(39-31)44-18-33-12-4-13-40(33)16-20(35)15-33/h2-3,5-10,20,25-26H,1,4,11-18H2/t20-,25-,26-,33+/m1/s1. The van der Waals surface area contributed by atoms with Gasteiger partial charge in [0, 0.05) is 37.0 Å². The third-order valence-electron chi connectivity index (χ3n) is 9.99. The van der Waals surface area contributed by atoms with Crippen molar-refractivity contribution < 1.29 is 18.3 Å². The molecule has 0 bridgehead atoms. The van der Waals surface area contributed by atoms with Crippen LogP contribution in [0.1, 0.15) is 25.7 Å². The predicted octanol–water partition coefficient (Wildman–Crippen LogP) is 5.57. The van der Waals surface area contributed by atoms with Crippen LogP contribution >= 0.6 is 11.6 Å². The molecule has 0 radical (unpaired) electrons. The van der Waals surface area contributed by atoms with Gasteiger partial charge < -0.3 is 14.5 Å². The number of ether oxygens (including phenoxy) is 1. The molecule has 4 saturated heterocycles. The summed E-state index contributed by atoms with van der Waals surface area (Å²) in [7, 11) is 0. The predicted molar refractivity (Wildman–Crippen MR) is 165 cm³/mol. The topological polar surface area (TPSA) is 74.7 Å². The van der Waals surface area contributed by atoms with Crippen molar-refractivity contribution in [2.45, 2.75) is 49.5 Å². The van der Waals surface area contributed by atoms with Gasteiger partial charge in [-0.3, -0.25) is 9.69 Å². The summed E-state index contributed by atoms with van der Waals surface area (Å²) in [5, 5.41) is 2.17. The number of hydrogen-bond acceptors (Lipinski definition) is 7. The second kappa shape index (κ2) is 10.3. The third kappa shape index (κ3) is 4.25. The highest BCUT2D eigenvalue weighted by atomic mass is 35.5. The summed E-state index contributed by atoms with van der Waals surface area (Å²) in [4.78, 5) is 33.3. The maximum atomic E-state index is 14.5. The van der Waals surface area contributed by atoms with E-state index >= 15 is 0 Å². The molecule has 0 aliphatic carbocycles. The molecule has 0 saturated carbocycles. The minimum Gasteiger partial charge on any atom is -0.461 e.